The molecule has 4 nitrogen and oxygen atoms in total. The number of aryl methyl sites for hydroxylation is 1. The Morgan fingerprint density at radius 1 is 0.868 bits per heavy atom. The molecule has 0 amide bonds. The number of pyridine rings is 2. The van der Waals surface area contributed by atoms with Crippen molar-refractivity contribution in [3.8, 4) is 17.0 Å². The number of phenolic OH excluding ortho intramolecular Hbond substituents is 1. The summed E-state index contributed by atoms with van der Waals surface area (Å²) in [4.78, 5) is 11.8. The van der Waals surface area contributed by atoms with Crippen LogP contribution < -0.4 is 4.90 Å². The molecule has 0 atom stereocenters. The van der Waals surface area contributed by atoms with Gasteiger partial charge in [0.1, 0.15) is 17.1 Å². The number of hydrogen-bond donors (Lipinski definition) is 1. The van der Waals surface area contributed by atoms with Crippen molar-refractivity contribution in [2.75, 3.05) is 4.90 Å². The summed E-state index contributed by atoms with van der Waals surface area (Å²) >= 11 is 0. The summed E-state index contributed by atoms with van der Waals surface area (Å²) in [6.45, 7) is 8.78. The van der Waals surface area contributed by atoms with E-state index in [1.165, 1.54) is 22.8 Å². The molecule has 0 saturated carbocycles. The molecule has 190 valence electrons. The third-order valence-electron chi connectivity index (χ3n) is 7.64. The third kappa shape index (κ3) is 3.83. The van der Waals surface area contributed by atoms with Crippen molar-refractivity contribution in [1.29, 1.82) is 0 Å². The fourth-order valence-corrected chi connectivity index (χ4v) is 5.51. The van der Waals surface area contributed by atoms with Gasteiger partial charge in [-0.3, -0.25) is 4.90 Å². The van der Waals surface area contributed by atoms with Gasteiger partial charge in [0.05, 0.1) is 17.1 Å². The molecule has 0 unspecified atom stereocenters. The first-order chi connectivity index (χ1) is 19.2. The van der Waals surface area contributed by atoms with Gasteiger partial charge in [0.25, 0.3) is 0 Å². The van der Waals surface area contributed by atoms with Crippen LogP contribution in [0, 0.1) is 6.85 Å². The number of para-hydroxylation sites is 1. The van der Waals surface area contributed by atoms with Crippen LogP contribution in [0.1, 0.15) is 61.0 Å². The summed E-state index contributed by atoms with van der Waals surface area (Å²) in [5, 5.41) is 11.3. The molecule has 0 bridgehead atoms. The van der Waals surface area contributed by atoms with E-state index in [4.69, 9.17) is 14.1 Å². The van der Waals surface area contributed by atoms with Crippen LogP contribution in [-0.4, -0.2) is 15.1 Å². The zero-order valence-electron chi connectivity index (χ0n) is 25.4. The van der Waals surface area contributed by atoms with Gasteiger partial charge in [-0.15, -0.1) is 0 Å². The second kappa shape index (κ2) is 8.42. The Bertz CT molecular complexity index is 1820. The molecule has 0 spiro atoms. The number of rotatable bonds is 2. The molecule has 0 fully saturated rings. The Kier molecular flexibility index (Phi) is 4.62. The van der Waals surface area contributed by atoms with E-state index in [1.807, 2.05) is 18.3 Å². The second-order valence-corrected chi connectivity index (χ2v) is 11.6. The van der Waals surface area contributed by atoms with Gasteiger partial charge in [-0.1, -0.05) is 71.0 Å². The third-order valence-corrected chi connectivity index (χ3v) is 7.64. The molecule has 6 rings (SSSR count). The molecule has 38 heavy (non-hydrogen) atoms. The maximum atomic E-state index is 10.7. The lowest BCUT2D eigenvalue weighted by Gasteiger charge is -2.42. The Hall–Kier alpha value is -4.18. The minimum atomic E-state index is -2.31. The van der Waals surface area contributed by atoms with Crippen molar-refractivity contribution in [2.24, 2.45) is 0 Å². The van der Waals surface area contributed by atoms with Crippen molar-refractivity contribution >= 4 is 28.1 Å². The van der Waals surface area contributed by atoms with Gasteiger partial charge < -0.3 is 5.11 Å². The number of nitrogens with zero attached hydrogens (tertiary/aromatic N) is 3. The first-order valence-electron chi connectivity index (χ1n) is 14.4. The molecule has 3 aromatic carbocycles. The predicted octanol–water partition coefficient (Wildman–Crippen LogP) is 8.72. The van der Waals surface area contributed by atoms with E-state index in [2.05, 4.69) is 94.1 Å². The number of hydrogen-bond acceptors (Lipinski definition) is 4. The van der Waals surface area contributed by atoms with Gasteiger partial charge in [-0.05, 0) is 77.0 Å². The van der Waals surface area contributed by atoms with Gasteiger partial charge in [-0.2, -0.15) is 0 Å². The summed E-state index contributed by atoms with van der Waals surface area (Å²) in [5.74, 6) is 0.702. The average molecular weight is 503 g/mol. The summed E-state index contributed by atoms with van der Waals surface area (Å²) < 4.78 is 23.2. The monoisotopic (exact) mass is 502 g/mol. The summed E-state index contributed by atoms with van der Waals surface area (Å²) in [7, 11) is 0. The zero-order valence-corrected chi connectivity index (χ0v) is 22.4. The highest BCUT2D eigenvalue weighted by molar-refractivity contribution is 5.90. The highest BCUT2D eigenvalue weighted by Crippen LogP contribution is 2.52. The van der Waals surface area contributed by atoms with Crippen molar-refractivity contribution < 1.29 is 9.22 Å². The Labute approximate surface area is 228 Å². The van der Waals surface area contributed by atoms with E-state index in [9.17, 15) is 5.11 Å². The lowest BCUT2D eigenvalue weighted by Crippen LogP contribution is -2.31. The fourth-order valence-electron chi connectivity index (χ4n) is 5.51. The number of benzene rings is 3. The van der Waals surface area contributed by atoms with Crippen molar-refractivity contribution in [2.45, 2.75) is 52.3 Å². The van der Waals surface area contributed by atoms with Gasteiger partial charge >= 0.3 is 0 Å². The van der Waals surface area contributed by atoms with Crippen molar-refractivity contribution in [3.05, 3.63) is 107 Å². The van der Waals surface area contributed by atoms with E-state index in [0.717, 1.165) is 22.8 Å². The van der Waals surface area contributed by atoms with Crippen LogP contribution in [0.2, 0.25) is 0 Å². The number of aromatic hydroxyl groups is 1. The lowest BCUT2D eigenvalue weighted by molar-refractivity contribution is 0.480. The van der Waals surface area contributed by atoms with Gasteiger partial charge in [0.15, 0.2) is 0 Å². The fraction of sp³-hybridized carbons (Fsp3) is 0.235. The van der Waals surface area contributed by atoms with E-state index < -0.39 is 6.85 Å². The Balaban J connectivity index is 1.55. The first-order valence-corrected chi connectivity index (χ1v) is 12.9. The van der Waals surface area contributed by atoms with E-state index >= 15 is 0 Å². The van der Waals surface area contributed by atoms with Crippen LogP contribution in [-0.2, 0) is 10.8 Å². The maximum absolute atomic E-state index is 10.7. The van der Waals surface area contributed by atoms with Gasteiger partial charge in [0.2, 0.25) is 0 Å². The van der Waals surface area contributed by atoms with Crippen molar-refractivity contribution in [1.82, 2.24) is 9.97 Å². The quantitative estimate of drug-likeness (QED) is 0.262. The highest BCUT2D eigenvalue weighted by atomic mass is 16.3. The summed E-state index contributed by atoms with van der Waals surface area (Å²) in [5.41, 5.74) is 7.46. The minimum absolute atomic E-state index is 0.0343. The molecule has 2 aromatic heterocycles. The zero-order chi connectivity index (χ0) is 29.3. The van der Waals surface area contributed by atoms with Crippen LogP contribution in [0.15, 0.2) is 85.1 Å². The molecule has 0 aliphatic carbocycles. The number of aromatic nitrogens is 2. The molecule has 0 saturated heterocycles. The molecule has 1 N–H and O–H groups in total. The summed E-state index contributed by atoms with van der Waals surface area (Å²) in [6.07, 6.45) is 1.88. The molecule has 3 heterocycles. The lowest BCUT2D eigenvalue weighted by atomic mass is 9.73. The minimum Gasteiger partial charge on any atom is -0.506 e. The summed E-state index contributed by atoms with van der Waals surface area (Å²) in [6, 6.07) is 25.6. The molecule has 5 aromatic rings. The Morgan fingerprint density at radius 2 is 1.66 bits per heavy atom. The van der Waals surface area contributed by atoms with Crippen molar-refractivity contribution in [3.63, 3.8) is 0 Å². The topological polar surface area (TPSA) is 49.3 Å². The van der Waals surface area contributed by atoms with E-state index in [0.29, 0.717) is 16.6 Å². The Morgan fingerprint density at radius 3 is 2.45 bits per heavy atom. The van der Waals surface area contributed by atoms with Gasteiger partial charge in [0, 0.05) is 26.7 Å². The highest BCUT2D eigenvalue weighted by Gasteiger charge is 2.37. The normalized spacial score (nSPS) is 15.8. The SMILES string of the molecule is [2H]C([2H])([2H])c1cc(O)c2nc(-c3ccc4c(c3)N(c3cc(C(C)(C)C)ccn3)c3ccccc3C4(C)C)ccc2c1. The van der Waals surface area contributed by atoms with Crippen LogP contribution in [0.4, 0.5) is 17.2 Å². The van der Waals surface area contributed by atoms with Gasteiger partial charge in [-0.25, -0.2) is 9.97 Å². The molecule has 1 aliphatic rings. The van der Waals surface area contributed by atoms with Crippen LogP contribution in [0.25, 0.3) is 22.2 Å². The number of fused-ring (bicyclic) bond motifs is 3. The maximum Gasteiger partial charge on any atom is 0.142 e. The smallest absolute Gasteiger partial charge is 0.142 e. The number of phenols is 1. The van der Waals surface area contributed by atoms with E-state index in [1.54, 1.807) is 6.07 Å². The molecular weight excluding hydrogens is 466 g/mol. The second-order valence-electron chi connectivity index (χ2n) is 11.6. The largest absolute Gasteiger partial charge is 0.506 e. The standard InChI is InChI=1S/C34H33N3O/c1-21-17-23-12-14-27(36-32(23)30(38)18-21)22-11-13-26-29(19-22)37(28-10-8-7-9-25(28)34(26,5)6)31-20-24(15-16-35-31)33(2,3)4/h7-20,38H,1-6H3/i1D3. The predicted molar refractivity (Wildman–Crippen MR) is 157 cm³/mol. The van der Waals surface area contributed by atoms with Crippen LogP contribution >= 0.6 is 0 Å². The molecule has 1 aliphatic heterocycles. The molecular formula is C34H33N3O. The molecule has 0 radical (unpaired) electrons. The van der Waals surface area contributed by atoms with Crippen LogP contribution in [0.3, 0.4) is 0 Å². The molecule has 4 heteroatoms. The number of anilines is 3. The average Bonchev–Trinajstić information content (AvgIpc) is 2.92. The first kappa shape index (κ1) is 20.8. The van der Waals surface area contributed by atoms with Crippen LogP contribution in [0.5, 0.6) is 5.75 Å². The van der Waals surface area contributed by atoms with E-state index in [-0.39, 0.29) is 22.1 Å².